The van der Waals surface area contributed by atoms with Gasteiger partial charge in [0.15, 0.2) is 0 Å². The molecule has 1 aromatic heterocycles. The molecule has 0 aliphatic carbocycles. The smallest absolute Gasteiger partial charge is 0.255 e. The average molecular weight is 302 g/mol. The first-order chi connectivity index (χ1) is 10.5. The molecule has 1 atom stereocenters. The van der Waals surface area contributed by atoms with Crippen LogP contribution in [0.5, 0.6) is 0 Å². The Kier molecular flexibility index (Phi) is 5.50. The second kappa shape index (κ2) is 7.36. The number of rotatable bonds is 6. The minimum absolute atomic E-state index is 0.0482. The van der Waals surface area contributed by atoms with Crippen molar-refractivity contribution >= 4 is 0 Å². The predicted molar refractivity (Wildman–Crippen MR) is 88.2 cm³/mol. The molecule has 0 saturated heterocycles. The first kappa shape index (κ1) is 16.4. The van der Waals surface area contributed by atoms with Crippen LogP contribution in [-0.2, 0) is 6.54 Å². The lowest BCUT2D eigenvalue weighted by Gasteiger charge is -2.16. The summed E-state index contributed by atoms with van der Waals surface area (Å²) in [5.74, 6) is -0.282. The van der Waals surface area contributed by atoms with Crippen molar-refractivity contribution in [1.82, 2.24) is 4.57 Å². The number of halogens is 1. The Balaban J connectivity index is 2.50. The molecule has 4 heteroatoms. The van der Waals surface area contributed by atoms with Gasteiger partial charge < -0.3 is 10.3 Å². The van der Waals surface area contributed by atoms with Gasteiger partial charge in [0.25, 0.3) is 5.56 Å². The SMILES string of the molecule is CCCCCn1c(-c2ccc(F)cc2)ccc(C(C)N)c1=O. The maximum atomic E-state index is 13.1. The fourth-order valence-electron chi connectivity index (χ4n) is 2.56. The van der Waals surface area contributed by atoms with Crippen LogP contribution < -0.4 is 11.3 Å². The van der Waals surface area contributed by atoms with Gasteiger partial charge in [0.2, 0.25) is 0 Å². The highest BCUT2D eigenvalue weighted by atomic mass is 19.1. The molecule has 0 amide bonds. The van der Waals surface area contributed by atoms with Crippen LogP contribution in [-0.4, -0.2) is 4.57 Å². The Labute approximate surface area is 130 Å². The van der Waals surface area contributed by atoms with E-state index in [0.29, 0.717) is 12.1 Å². The van der Waals surface area contributed by atoms with Crippen molar-refractivity contribution in [2.75, 3.05) is 0 Å². The minimum atomic E-state index is -0.299. The first-order valence-electron chi connectivity index (χ1n) is 7.80. The summed E-state index contributed by atoms with van der Waals surface area (Å²) in [5, 5.41) is 0. The second-order valence-electron chi connectivity index (χ2n) is 5.63. The normalized spacial score (nSPS) is 12.4. The average Bonchev–Trinajstić information content (AvgIpc) is 2.49. The molecule has 2 rings (SSSR count). The molecule has 0 spiro atoms. The third-order valence-electron chi connectivity index (χ3n) is 3.82. The van der Waals surface area contributed by atoms with Gasteiger partial charge in [-0.3, -0.25) is 4.79 Å². The Bertz CT molecular complexity index is 674. The van der Waals surface area contributed by atoms with Crippen LogP contribution in [0.2, 0.25) is 0 Å². The number of hydrogen-bond acceptors (Lipinski definition) is 2. The molecule has 0 saturated carbocycles. The summed E-state index contributed by atoms with van der Waals surface area (Å²) >= 11 is 0. The van der Waals surface area contributed by atoms with E-state index in [1.54, 1.807) is 22.8 Å². The molecule has 1 unspecified atom stereocenters. The quantitative estimate of drug-likeness (QED) is 0.824. The monoisotopic (exact) mass is 302 g/mol. The van der Waals surface area contributed by atoms with Crippen LogP contribution in [0.3, 0.4) is 0 Å². The fraction of sp³-hybridized carbons (Fsp3) is 0.389. The number of hydrogen-bond donors (Lipinski definition) is 1. The van der Waals surface area contributed by atoms with Crippen molar-refractivity contribution in [2.24, 2.45) is 5.73 Å². The summed E-state index contributed by atoms with van der Waals surface area (Å²) in [5.41, 5.74) is 8.10. The molecular weight excluding hydrogens is 279 g/mol. The van der Waals surface area contributed by atoms with E-state index in [-0.39, 0.29) is 17.4 Å². The minimum Gasteiger partial charge on any atom is -0.324 e. The number of benzene rings is 1. The van der Waals surface area contributed by atoms with Gasteiger partial charge >= 0.3 is 0 Å². The van der Waals surface area contributed by atoms with Crippen molar-refractivity contribution in [2.45, 2.75) is 45.7 Å². The molecule has 3 nitrogen and oxygen atoms in total. The highest BCUT2D eigenvalue weighted by Crippen LogP contribution is 2.20. The molecule has 0 aliphatic rings. The van der Waals surface area contributed by atoms with Crippen molar-refractivity contribution in [3.05, 3.63) is 58.1 Å². The van der Waals surface area contributed by atoms with E-state index in [1.165, 1.54) is 12.1 Å². The van der Waals surface area contributed by atoms with E-state index in [0.717, 1.165) is 30.5 Å². The number of nitrogens with two attached hydrogens (primary N) is 1. The molecular formula is C18H23FN2O. The standard InChI is InChI=1S/C18H23FN2O/c1-3-4-5-12-21-17(14-6-8-15(19)9-7-14)11-10-16(13(2)20)18(21)22/h6-11,13H,3-5,12,20H2,1-2H3. The van der Waals surface area contributed by atoms with Gasteiger partial charge in [-0.2, -0.15) is 0 Å². The molecule has 1 aromatic carbocycles. The summed E-state index contributed by atoms with van der Waals surface area (Å²) in [4.78, 5) is 12.7. The molecule has 0 radical (unpaired) electrons. The largest absolute Gasteiger partial charge is 0.324 e. The molecule has 2 N–H and O–H groups in total. The Morgan fingerprint density at radius 3 is 2.41 bits per heavy atom. The highest BCUT2D eigenvalue weighted by Gasteiger charge is 2.12. The van der Waals surface area contributed by atoms with Gasteiger partial charge in [0.1, 0.15) is 5.82 Å². The molecule has 0 fully saturated rings. The van der Waals surface area contributed by atoms with Crippen molar-refractivity contribution in [3.63, 3.8) is 0 Å². The van der Waals surface area contributed by atoms with Crippen LogP contribution in [0.1, 0.15) is 44.7 Å². The van der Waals surface area contributed by atoms with E-state index >= 15 is 0 Å². The van der Waals surface area contributed by atoms with Crippen LogP contribution >= 0.6 is 0 Å². The Morgan fingerprint density at radius 2 is 1.82 bits per heavy atom. The van der Waals surface area contributed by atoms with E-state index in [4.69, 9.17) is 5.73 Å². The van der Waals surface area contributed by atoms with Crippen LogP contribution in [0, 0.1) is 5.82 Å². The fourth-order valence-corrected chi connectivity index (χ4v) is 2.56. The zero-order valence-electron chi connectivity index (χ0n) is 13.2. The lowest BCUT2D eigenvalue weighted by molar-refractivity contribution is 0.584. The van der Waals surface area contributed by atoms with Gasteiger partial charge in [0, 0.05) is 18.2 Å². The molecule has 0 bridgehead atoms. The third kappa shape index (κ3) is 3.63. The maximum Gasteiger partial charge on any atom is 0.255 e. The van der Waals surface area contributed by atoms with Crippen molar-refractivity contribution in [3.8, 4) is 11.3 Å². The lowest BCUT2D eigenvalue weighted by Crippen LogP contribution is -2.28. The Hall–Kier alpha value is -1.94. The number of aromatic nitrogens is 1. The van der Waals surface area contributed by atoms with Gasteiger partial charge in [-0.15, -0.1) is 0 Å². The molecule has 2 aromatic rings. The molecule has 1 heterocycles. The highest BCUT2D eigenvalue weighted by molar-refractivity contribution is 5.59. The van der Waals surface area contributed by atoms with E-state index in [1.807, 2.05) is 13.0 Å². The van der Waals surface area contributed by atoms with E-state index in [2.05, 4.69) is 6.92 Å². The summed E-state index contributed by atoms with van der Waals surface area (Å²) in [6.07, 6.45) is 3.10. The predicted octanol–water partition coefficient (Wildman–Crippen LogP) is 3.86. The molecule has 118 valence electrons. The van der Waals surface area contributed by atoms with E-state index in [9.17, 15) is 9.18 Å². The number of unbranched alkanes of at least 4 members (excludes halogenated alkanes) is 2. The lowest BCUT2D eigenvalue weighted by atomic mass is 10.1. The zero-order chi connectivity index (χ0) is 16.1. The van der Waals surface area contributed by atoms with Crippen LogP contribution in [0.4, 0.5) is 4.39 Å². The summed E-state index contributed by atoms with van der Waals surface area (Å²) < 4.78 is 14.9. The van der Waals surface area contributed by atoms with Gasteiger partial charge in [-0.25, -0.2) is 4.39 Å². The van der Waals surface area contributed by atoms with Crippen LogP contribution in [0.25, 0.3) is 11.3 Å². The Morgan fingerprint density at radius 1 is 1.14 bits per heavy atom. The first-order valence-corrected chi connectivity index (χ1v) is 7.80. The molecule has 22 heavy (non-hydrogen) atoms. The number of pyridine rings is 1. The second-order valence-corrected chi connectivity index (χ2v) is 5.63. The summed E-state index contributed by atoms with van der Waals surface area (Å²) in [6.45, 7) is 4.59. The van der Waals surface area contributed by atoms with Gasteiger partial charge in [-0.05, 0) is 55.3 Å². The van der Waals surface area contributed by atoms with Crippen LogP contribution in [0.15, 0.2) is 41.2 Å². The third-order valence-corrected chi connectivity index (χ3v) is 3.82. The van der Waals surface area contributed by atoms with E-state index < -0.39 is 0 Å². The van der Waals surface area contributed by atoms with Crippen molar-refractivity contribution in [1.29, 1.82) is 0 Å². The van der Waals surface area contributed by atoms with Gasteiger partial charge in [-0.1, -0.05) is 19.8 Å². The summed E-state index contributed by atoms with van der Waals surface area (Å²) in [6, 6.07) is 9.61. The van der Waals surface area contributed by atoms with Gasteiger partial charge in [0.05, 0.1) is 5.69 Å². The zero-order valence-corrected chi connectivity index (χ0v) is 13.2. The molecule has 0 aliphatic heterocycles. The topological polar surface area (TPSA) is 48.0 Å². The maximum absolute atomic E-state index is 13.1. The summed E-state index contributed by atoms with van der Waals surface area (Å²) in [7, 11) is 0. The van der Waals surface area contributed by atoms with Crippen molar-refractivity contribution < 1.29 is 4.39 Å². The number of nitrogens with zero attached hydrogens (tertiary/aromatic N) is 1.